The van der Waals surface area contributed by atoms with Gasteiger partial charge in [-0.25, -0.2) is 8.78 Å². The van der Waals surface area contributed by atoms with Gasteiger partial charge in [-0.3, -0.25) is 9.59 Å². The number of hydrogen-bond acceptors (Lipinski definition) is 3. The maximum Gasteiger partial charge on any atom is 0.383 e. The molecule has 0 saturated carbocycles. The molecule has 0 saturated heterocycles. The fourth-order valence-electron chi connectivity index (χ4n) is 0.996. The number of Topliss-reactive ketones (excluding diaryl/α,β-unsaturated/α-hetero) is 1. The molecule has 0 aromatic carbocycles. The van der Waals surface area contributed by atoms with Crippen LogP contribution >= 0.6 is 27.7 Å². The summed E-state index contributed by atoms with van der Waals surface area (Å²) in [6, 6.07) is -1.19. The highest BCUT2D eigenvalue weighted by molar-refractivity contribution is 9.09. The molecule has 0 aliphatic heterocycles. The molecule has 1 atom stereocenters. The van der Waals surface area contributed by atoms with Gasteiger partial charge in [-0.15, -0.1) is 0 Å². The smallest absolute Gasteiger partial charge is 0.341 e. The Bertz CT molecular complexity index is 304. The Kier molecular flexibility index (Phi) is 7.84. The van der Waals surface area contributed by atoms with E-state index < -0.39 is 30.1 Å². The SMILES string of the molecule is CSCCC(NC(=O)C(F)(F)C(F)F)C(=O)CBr. The summed E-state index contributed by atoms with van der Waals surface area (Å²) in [5.41, 5.74) is 0. The Balaban J connectivity index is 4.67. The van der Waals surface area contributed by atoms with Crippen molar-refractivity contribution in [2.75, 3.05) is 17.3 Å². The molecular weight excluding hydrogens is 342 g/mol. The monoisotopic (exact) mass is 353 g/mol. The summed E-state index contributed by atoms with van der Waals surface area (Å²) in [4.78, 5) is 22.3. The quantitative estimate of drug-likeness (QED) is 0.536. The molecular formula is C9H12BrF4NO2S. The van der Waals surface area contributed by atoms with Crippen molar-refractivity contribution in [1.82, 2.24) is 5.32 Å². The van der Waals surface area contributed by atoms with Gasteiger partial charge in [0.25, 0.3) is 5.91 Å². The largest absolute Gasteiger partial charge is 0.383 e. The average Bonchev–Trinajstić information content (AvgIpc) is 2.32. The van der Waals surface area contributed by atoms with E-state index in [1.54, 1.807) is 11.6 Å². The van der Waals surface area contributed by atoms with Gasteiger partial charge in [-0.1, -0.05) is 15.9 Å². The number of halogens is 5. The van der Waals surface area contributed by atoms with Crippen LogP contribution in [0, 0.1) is 0 Å². The van der Waals surface area contributed by atoms with Crippen LogP contribution in [-0.2, 0) is 9.59 Å². The minimum atomic E-state index is -4.79. The van der Waals surface area contributed by atoms with Crippen LogP contribution in [0.25, 0.3) is 0 Å². The number of rotatable bonds is 8. The lowest BCUT2D eigenvalue weighted by molar-refractivity contribution is -0.170. The molecule has 0 bridgehead atoms. The highest BCUT2D eigenvalue weighted by atomic mass is 79.9. The van der Waals surface area contributed by atoms with E-state index in [4.69, 9.17) is 0 Å². The van der Waals surface area contributed by atoms with E-state index in [0.29, 0.717) is 5.75 Å². The summed E-state index contributed by atoms with van der Waals surface area (Å²) in [5.74, 6) is -7.02. The zero-order valence-electron chi connectivity index (χ0n) is 9.39. The van der Waals surface area contributed by atoms with Gasteiger partial charge < -0.3 is 5.32 Å². The number of hydrogen-bond donors (Lipinski definition) is 1. The summed E-state index contributed by atoms with van der Waals surface area (Å²) in [7, 11) is 0. The van der Waals surface area contributed by atoms with E-state index in [1.165, 1.54) is 11.8 Å². The van der Waals surface area contributed by atoms with Crippen molar-refractivity contribution in [2.24, 2.45) is 0 Å². The Morgan fingerprint density at radius 1 is 1.39 bits per heavy atom. The molecule has 0 spiro atoms. The molecule has 0 rings (SSSR count). The highest BCUT2D eigenvalue weighted by Crippen LogP contribution is 2.23. The lowest BCUT2D eigenvalue weighted by Crippen LogP contribution is -2.51. The van der Waals surface area contributed by atoms with Gasteiger partial charge in [0.1, 0.15) is 0 Å². The van der Waals surface area contributed by atoms with Crippen LogP contribution in [0.3, 0.4) is 0 Å². The molecule has 9 heteroatoms. The van der Waals surface area contributed by atoms with Crippen molar-refractivity contribution in [1.29, 1.82) is 0 Å². The van der Waals surface area contributed by atoms with Crippen LogP contribution in [-0.4, -0.2) is 47.4 Å². The normalized spacial score (nSPS) is 13.5. The molecule has 0 radical (unpaired) electrons. The van der Waals surface area contributed by atoms with Gasteiger partial charge in [-0.2, -0.15) is 20.5 Å². The summed E-state index contributed by atoms with van der Waals surface area (Å²) in [5, 5.41) is 1.52. The third-order valence-electron chi connectivity index (χ3n) is 2.01. The third-order valence-corrected chi connectivity index (χ3v) is 3.21. The Morgan fingerprint density at radius 2 is 1.94 bits per heavy atom. The standard InChI is InChI=1S/C9H12BrF4NO2S/c1-18-3-2-5(6(16)4-10)15-8(17)9(13,14)7(11)12/h5,7H,2-4H2,1H3,(H,15,17). The molecule has 0 aromatic heterocycles. The highest BCUT2D eigenvalue weighted by Gasteiger charge is 2.49. The molecule has 0 aliphatic rings. The summed E-state index contributed by atoms with van der Waals surface area (Å²) in [6.45, 7) is 0. The van der Waals surface area contributed by atoms with Crippen molar-refractivity contribution in [3.05, 3.63) is 0 Å². The molecule has 0 fully saturated rings. The third kappa shape index (κ3) is 5.13. The predicted molar refractivity (Wildman–Crippen MR) is 64.7 cm³/mol. The minimum absolute atomic E-state index is 0.108. The van der Waals surface area contributed by atoms with Crippen molar-refractivity contribution in [3.63, 3.8) is 0 Å². The maximum absolute atomic E-state index is 12.7. The molecule has 1 amide bonds. The lowest BCUT2D eigenvalue weighted by atomic mass is 10.1. The fourth-order valence-corrected chi connectivity index (χ4v) is 1.86. The van der Waals surface area contributed by atoms with Crippen molar-refractivity contribution < 1.29 is 27.2 Å². The number of alkyl halides is 5. The Morgan fingerprint density at radius 3 is 2.33 bits per heavy atom. The molecule has 3 nitrogen and oxygen atoms in total. The zero-order chi connectivity index (χ0) is 14.3. The molecule has 1 N–H and O–H groups in total. The summed E-state index contributed by atoms with van der Waals surface area (Å²) in [6.07, 6.45) is -2.26. The molecule has 0 aromatic rings. The van der Waals surface area contributed by atoms with E-state index in [2.05, 4.69) is 15.9 Å². The number of nitrogens with one attached hydrogen (secondary N) is 1. The van der Waals surface area contributed by atoms with Crippen LogP contribution in [0.15, 0.2) is 0 Å². The first-order chi connectivity index (χ1) is 8.27. The molecule has 1 unspecified atom stereocenters. The number of thioether (sulfide) groups is 1. The number of ketones is 1. The lowest BCUT2D eigenvalue weighted by Gasteiger charge is -2.20. The topological polar surface area (TPSA) is 46.2 Å². The van der Waals surface area contributed by atoms with Crippen molar-refractivity contribution in [3.8, 4) is 0 Å². The van der Waals surface area contributed by atoms with Gasteiger partial charge in [0.2, 0.25) is 0 Å². The molecule has 0 heterocycles. The number of carbonyl (C=O) groups excluding carboxylic acids is 2. The van der Waals surface area contributed by atoms with Gasteiger partial charge in [-0.05, 0) is 18.4 Å². The molecule has 18 heavy (non-hydrogen) atoms. The second-order valence-electron chi connectivity index (χ2n) is 3.33. The first-order valence-electron chi connectivity index (χ1n) is 4.81. The minimum Gasteiger partial charge on any atom is -0.341 e. The van der Waals surface area contributed by atoms with Crippen LogP contribution in [0.4, 0.5) is 17.6 Å². The van der Waals surface area contributed by atoms with E-state index in [-0.39, 0.29) is 11.8 Å². The maximum atomic E-state index is 12.7. The van der Waals surface area contributed by atoms with E-state index in [0.717, 1.165) is 0 Å². The van der Waals surface area contributed by atoms with Crippen LogP contribution in [0.5, 0.6) is 0 Å². The van der Waals surface area contributed by atoms with Crippen molar-refractivity contribution in [2.45, 2.75) is 24.8 Å². The van der Waals surface area contributed by atoms with E-state index in [1.807, 2.05) is 0 Å². The van der Waals surface area contributed by atoms with Gasteiger partial charge in [0.05, 0.1) is 11.4 Å². The van der Waals surface area contributed by atoms with Gasteiger partial charge in [0.15, 0.2) is 5.78 Å². The number of carbonyl (C=O) groups is 2. The average molecular weight is 354 g/mol. The van der Waals surface area contributed by atoms with Crippen LogP contribution in [0.2, 0.25) is 0 Å². The first kappa shape index (κ1) is 17.7. The van der Waals surface area contributed by atoms with Gasteiger partial charge >= 0.3 is 12.3 Å². The zero-order valence-corrected chi connectivity index (χ0v) is 11.8. The van der Waals surface area contributed by atoms with Crippen LogP contribution in [0.1, 0.15) is 6.42 Å². The first-order valence-corrected chi connectivity index (χ1v) is 7.33. The van der Waals surface area contributed by atoms with Crippen molar-refractivity contribution >= 4 is 39.4 Å². The molecule has 0 aliphatic carbocycles. The Labute approximate surface area is 114 Å². The fraction of sp³-hybridized carbons (Fsp3) is 0.778. The second kappa shape index (κ2) is 7.98. The number of amides is 1. The second-order valence-corrected chi connectivity index (χ2v) is 4.88. The van der Waals surface area contributed by atoms with Gasteiger partial charge in [0, 0.05) is 0 Å². The molecule has 106 valence electrons. The predicted octanol–water partition coefficient (Wildman–Crippen LogP) is 2.09. The van der Waals surface area contributed by atoms with E-state index in [9.17, 15) is 27.2 Å². The summed E-state index contributed by atoms with van der Waals surface area (Å²) >= 11 is 4.18. The summed E-state index contributed by atoms with van der Waals surface area (Å²) < 4.78 is 49.3. The van der Waals surface area contributed by atoms with E-state index >= 15 is 0 Å². The Hall–Kier alpha value is -0.310. The van der Waals surface area contributed by atoms with Crippen LogP contribution < -0.4 is 5.32 Å².